The molecule has 3 atom stereocenters. The number of benzene rings is 1. The first-order valence-corrected chi connectivity index (χ1v) is 20.4. The summed E-state index contributed by atoms with van der Waals surface area (Å²) in [6.45, 7) is 2.23. The molecule has 0 bridgehead atoms. The van der Waals surface area contributed by atoms with Gasteiger partial charge in [0.1, 0.15) is 25.4 Å². The van der Waals surface area contributed by atoms with Crippen LogP contribution < -0.4 is 30.6 Å². The number of carboxylic acids is 2. The molecule has 6 N–H and O–H groups in total. The zero-order valence-electron chi connectivity index (χ0n) is 32.1. The summed E-state index contributed by atoms with van der Waals surface area (Å²) < 4.78 is 7.78. The van der Waals surface area contributed by atoms with Gasteiger partial charge in [0.15, 0.2) is 0 Å². The lowest BCUT2D eigenvalue weighted by Gasteiger charge is -2.22. The first kappa shape index (κ1) is 45.4. The number of nitrogens with one attached hydrogen (secondary N) is 4. The molecule has 2 fully saturated rings. The average molecular weight is 819 g/mol. The molecule has 306 valence electrons. The van der Waals surface area contributed by atoms with Crippen LogP contribution in [0.2, 0.25) is 0 Å². The first-order chi connectivity index (χ1) is 26.7. The lowest BCUT2D eigenvalue weighted by molar-refractivity contribution is -0.712. The highest BCUT2D eigenvalue weighted by Gasteiger charge is 2.35. The van der Waals surface area contributed by atoms with Crippen LogP contribution in [0.5, 0.6) is 11.6 Å². The fourth-order valence-corrected chi connectivity index (χ4v) is 7.67. The molecule has 0 spiro atoms. The molecule has 1 aromatic carbocycles. The molecular formula is C37H52N7O10S2+. The Morgan fingerprint density at radius 3 is 2.21 bits per heavy atom. The number of pyridine rings is 1. The molecule has 0 aliphatic carbocycles. The van der Waals surface area contributed by atoms with E-state index in [4.69, 9.17) is 14.9 Å². The molecule has 6 amide bonds. The van der Waals surface area contributed by atoms with Crippen LogP contribution in [-0.4, -0.2) is 131 Å². The molecule has 56 heavy (non-hydrogen) atoms. The lowest BCUT2D eigenvalue weighted by Crippen LogP contribution is -2.49. The highest BCUT2D eigenvalue weighted by molar-refractivity contribution is 7.99. The van der Waals surface area contributed by atoms with Crippen molar-refractivity contribution in [1.82, 2.24) is 31.1 Å². The topological polar surface area (TPSA) is 228 Å². The molecule has 0 radical (unpaired) electrons. The monoisotopic (exact) mass is 818 g/mol. The number of ether oxygens (including phenoxy) is 1. The van der Waals surface area contributed by atoms with E-state index in [1.165, 1.54) is 11.8 Å². The summed E-state index contributed by atoms with van der Waals surface area (Å²) in [5.41, 5.74) is 0.464. The number of aromatic nitrogens is 1. The van der Waals surface area contributed by atoms with Crippen LogP contribution in [0.25, 0.3) is 0 Å². The van der Waals surface area contributed by atoms with Crippen LogP contribution in [0.1, 0.15) is 55.8 Å². The Morgan fingerprint density at radius 2 is 1.59 bits per heavy atom. The molecule has 4 rings (SSSR count). The zero-order chi connectivity index (χ0) is 41.2. The summed E-state index contributed by atoms with van der Waals surface area (Å²) in [6, 6.07) is 11.7. The van der Waals surface area contributed by atoms with Crippen molar-refractivity contribution in [2.45, 2.75) is 68.6 Å². The van der Waals surface area contributed by atoms with Gasteiger partial charge in [0.25, 0.3) is 5.91 Å². The van der Waals surface area contributed by atoms with Crippen molar-refractivity contribution in [1.29, 1.82) is 0 Å². The third kappa shape index (κ3) is 15.2. The van der Waals surface area contributed by atoms with Crippen molar-refractivity contribution in [3.63, 3.8) is 0 Å². The number of carboxylic acid groups (broad SMARTS) is 2. The van der Waals surface area contributed by atoms with Crippen molar-refractivity contribution in [2.24, 2.45) is 7.05 Å². The summed E-state index contributed by atoms with van der Waals surface area (Å²) in [5.74, 6) is -0.495. The number of urea groups is 1. The Hall–Kier alpha value is -5.04. The number of fused-ring (bicyclic) bond motifs is 1. The molecule has 2 saturated heterocycles. The number of nitrogens with zero attached hydrogens (tertiary/aromatic N) is 3. The van der Waals surface area contributed by atoms with Gasteiger partial charge in [-0.3, -0.25) is 28.8 Å². The predicted octanol–water partition coefficient (Wildman–Crippen LogP) is 1.84. The van der Waals surface area contributed by atoms with E-state index in [9.17, 15) is 33.6 Å². The van der Waals surface area contributed by atoms with Gasteiger partial charge in [-0.2, -0.15) is 16.3 Å². The Kier molecular flexibility index (Phi) is 18.7. The summed E-state index contributed by atoms with van der Waals surface area (Å²) in [6.07, 6.45) is 2.07. The number of hydrogen-bond acceptors (Lipinski definition) is 10. The minimum atomic E-state index is -1.24. The largest absolute Gasteiger partial charge is 0.481 e. The molecule has 2 aromatic rings. The third-order valence-electron chi connectivity index (χ3n) is 8.72. The number of hydrogen-bond donors (Lipinski definition) is 6. The van der Waals surface area contributed by atoms with E-state index in [-0.39, 0.29) is 42.9 Å². The van der Waals surface area contributed by atoms with Crippen LogP contribution in [0.15, 0.2) is 47.5 Å². The summed E-state index contributed by atoms with van der Waals surface area (Å²) >= 11 is 3.12. The predicted molar refractivity (Wildman–Crippen MR) is 210 cm³/mol. The van der Waals surface area contributed by atoms with E-state index in [1.54, 1.807) is 78.0 Å². The van der Waals surface area contributed by atoms with E-state index >= 15 is 0 Å². The maximum Gasteiger partial charge on any atom is 0.373 e. The second-order valence-electron chi connectivity index (χ2n) is 13.2. The Balaban J connectivity index is 0.000000804. The number of carbonyl (C=O) groups excluding carboxylic acids is 5. The van der Waals surface area contributed by atoms with Gasteiger partial charge in [0.05, 0.1) is 18.2 Å². The second-order valence-corrected chi connectivity index (χ2v) is 15.3. The molecular weight excluding hydrogens is 767 g/mol. The van der Waals surface area contributed by atoms with Crippen molar-refractivity contribution in [2.75, 3.05) is 51.0 Å². The Bertz CT molecular complexity index is 1680. The maximum absolute atomic E-state index is 12.9. The van der Waals surface area contributed by atoms with Gasteiger partial charge in [0.2, 0.25) is 22.7 Å². The van der Waals surface area contributed by atoms with Gasteiger partial charge in [-0.25, -0.2) is 4.79 Å². The molecule has 1 aromatic heterocycles. The molecule has 19 heteroatoms. The minimum absolute atomic E-state index is 0.00491. The van der Waals surface area contributed by atoms with Crippen LogP contribution in [0.3, 0.4) is 0 Å². The third-order valence-corrected chi connectivity index (χ3v) is 11.1. The van der Waals surface area contributed by atoms with Gasteiger partial charge >= 0.3 is 23.8 Å². The van der Waals surface area contributed by atoms with E-state index < -0.39 is 36.3 Å². The summed E-state index contributed by atoms with van der Waals surface area (Å²) in [7, 11) is 5.17. The Labute approximate surface area is 334 Å². The molecule has 2 aliphatic rings. The molecule has 0 saturated carbocycles. The Morgan fingerprint density at radius 1 is 0.929 bits per heavy atom. The molecule has 17 nitrogen and oxygen atoms in total. The number of aliphatic carboxylic acids is 2. The van der Waals surface area contributed by atoms with Crippen molar-refractivity contribution in [3.05, 3.63) is 48.0 Å². The highest BCUT2D eigenvalue weighted by Crippen LogP contribution is 2.23. The normalized spacial score (nSPS) is 15.8. The van der Waals surface area contributed by atoms with Gasteiger partial charge in [-0.15, -0.1) is 0 Å². The molecule has 3 heterocycles. The number of unbranched alkanes of at least 4 members (excludes halogenated alkanes) is 1. The standard InChI is InChI=1S/C32H43N5O9S.C5H8N2OS/c1-5-6-10-26(39)35(2)18-19-36(3)32(45)22-14-16-23(17-15-22)46-27-11-8-12-28(37(27)4)47-21-24(31(44)33-20-30(42)43)34-25(38)9-7-13-29(40)41;8-5-6-3-1-9-2-4(3)7-5/h8,11-12,14-17,24H,5-7,9-10,13,18-21H2,1-4H3,(H3-,33,34,38,40,41,42,43,44);3-4H,1-2H2,(H2,6,7,8)/p+1. The van der Waals surface area contributed by atoms with Gasteiger partial charge < -0.3 is 46.0 Å². The number of amides is 6. The van der Waals surface area contributed by atoms with E-state index in [1.807, 2.05) is 18.7 Å². The van der Waals surface area contributed by atoms with Crippen LogP contribution >= 0.6 is 23.5 Å². The number of likely N-dealkylation sites (N-methyl/N-ethyl adjacent to an activating group) is 2. The average Bonchev–Trinajstić information content (AvgIpc) is 3.75. The number of rotatable bonds is 20. The van der Waals surface area contributed by atoms with Crippen LogP contribution in [0, 0.1) is 0 Å². The molecule has 3 unspecified atom stereocenters. The SMILES string of the molecule is CCCCC(=O)N(C)CCN(C)C(=O)c1ccc(Oc2cccc(SCC(NC(=O)CCCC(=O)O)C(=O)NCC(=O)O)[n+]2C)cc1.O=C1NC2CSCC2N1. The van der Waals surface area contributed by atoms with Crippen molar-refractivity contribution >= 4 is 65.1 Å². The maximum atomic E-state index is 12.9. The number of carbonyl (C=O) groups is 7. The van der Waals surface area contributed by atoms with Gasteiger partial charge in [-0.1, -0.05) is 25.1 Å². The van der Waals surface area contributed by atoms with Gasteiger partial charge in [-0.05, 0) is 43.2 Å². The smallest absolute Gasteiger partial charge is 0.373 e. The van der Waals surface area contributed by atoms with Crippen molar-refractivity contribution < 1.29 is 53.1 Å². The van der Waals surface area contributed by atoms with E-state index in [2.05, 4.69) is 21.3 Å². The van der Waals surface area contributed by atoms with E-state index in [0.717, 1.165) is 24.3 Å². The highest BCUT2D eigenvalue weighted by atomic mass is 32.2. The first-order valence-electron chi connectivity index (χ1n) is 18.2. The second kappa shape index (κ2) is 23.1. The lowest BCUT2D eigenvalue weighted by atomic mass is 10.2. The summed E-state index contributed by atoms with van der Waals surface area (Å²) in [4.78, 5) is 85.6. The van der Waals surface area contributed by atoms with Crippen molar-refractivity contribution in [3.8, 4) is 11.6 Å². The minimum Gasteiger partial charge on any atom is -0.481 e. The fourth-order valence-electron chi connectivity index (χ4n) is 5.37. The summed E-state index contributed by atoms with van der Waals surface area (Å²) in [5, 5.41) is 28.9. The zero-order valence-corrected chi connectivity index (χ0v) is 33.7. The number of thioether (sulfide) groups is 2. The quantitative estimate of drug-likeness (QED) is 0.0640. The van der Waals surface area contributed by atoms with Crippen LogP contribution in [0.4, 0.5) is 4.79 Å². The fraction of sp³-hybridized carbons (Fsp3) is 0.514. The van der Waals surface area contributed by atoms with E-state index in [0.29, 0.717) is 53.8 Å². The van der Waals surface area contributed by atoms with Crippen LogP contribution in [-0.2, 0) is 31.0 Å². The molecule has 2 aliphatic heterocycles. The van der Waals surface area contributed by atoms with Gasteiger partial charge in [0, 0.05) is 75.3 Å².